The van der Waals surface area contributed by atoms with Crippen LogP contribution in [0.1, 0.15) is 20.8 Å². The Labute approximate surface area is 130 Å². The Morgan fingerprint density at radius 1 is 0.909 bits per heavy atom. The molecule has 0 aliphatic rings. The summed E-state index contributed by atoms with van der Waals surface area (Å²) in [6.45, 7) is 5.32. The van der Waals surface area contributed by atoms with Crippen molar-refractivity contribution >= 4 is 5.97 Å². The summed E-state index contributed by atoms with van der Waals surface area (Å²) in [6.07, 6.45) is 0. The fraction of sp³-hybridized carbons (Fsp3) is 0.278. The predicted molar refractivity (Wildman–Crippen MR) is 84.3 cm³/mol. The number of carbonyl (C=O) groups excluding carboxylic acids is 1. The third kappa shape index (κ3) is 5.48. The van der Waals surface area contributed by atoms with Gasteiger partial charge in [-0.05, 0) is 45.0 Å². The number of carbonyl (C=O) groups is 1. The van der Waals surface area contributed by atoms with Gasteiger partial charge in [-0.1, -0.05) is 24.3 Å². The smallest absolute Gasteiger partial charge is 0.344 e. The molecule has 0 fully saturated rings. The zero-order valence-corrected chi connectivity index (χ0v) is 13.0. The highest BCUT2D eigenvalue weighted by Crippen LogP contribution is 2.25. The highest BCUT2D eigenvalue weighted by atomic mass is 16.6. The third-order valence-electron chi connectivity index (χ3n) is 2.56. The van der Waals surface area contributed by atoms with E-state index in [1.165, 1.54) is 0 Å². The number of rotatable bonds is 5. The van der Waals surface area contributed by atoms with E-state index in [4.69, 9.17) is 14.2 Å². The molecule has 0 aliphatic carbocycles. The molecule has 0 bridgehead atoms. The third-order valence-corrected chi connectivity index (χ3v) is 2.56. The van der Waals surface area contributed by atoms with Gasteiger partial charge in [-0.25, -0.2) is 4.79 Å². The zero-order valence-electron chi connectivity index (χ0n) is 13.0. The van der Waals surface area contributed by atoms with Gasteiger partial charge >= 0.3 is 5.97 Å². The molecule has 0 radical (unpaired) electrons. The van der Waals surface area contributed by atoms with Crippen LogP contribution >= 0.6 is 0 Å². The molecule has 0 saturated carbocycles. The molecule has 0 N–H and O–H groups in total. The number of esters is 1. The minimum Gasteiger partial charge on any atom is -0.482 e. The molecule has 116 valence electrons. The van der Waals surface area contributed by atoms with E-state index in [1.54, 1.807) is 12.1 Å². The number of ether oxygens (including phenoxy) is 3. The van der Waals surface area contributed by atoms with Crippen LogP contribution < -0.4 is 9.47 Å². The first-order valence-electron chi connectivity index (χ1n) is 7.10. The largest absolute Gasteiger partial charge is 0.482 e. The maximum atomic E-state index is 11.6. The van der Waals surface area contributed by atoms with Crippen LogP contribution in [-0.4, -0.2) is 18.2 Å². The summed E-state index contributed by atoms with van der Waals surface area (Å²) in [4.78, 5) is 11.6. The van der Waals surface area contributed by atoms with Crippen LogP contribution in [0.15, 0.2) is 54.6 Å². The Hall–Kier alpha value is -2.49. The highest BCUT2D eigenvalue weighted by Gasteiger charge is 2.16. The summed E-state index contributed by atoms with van der Waals surface area (Å²) in [5, 5.41) is 0. The summed E-state index contributed by atoms with van der Waals surface area (Å²) in [6, 6.07) is 16.6. The lowest BCUT2D eigenvalue weighted by atomic mass is 10.2. The quantitative estimate of drug-likeness (QED) is 0.776. The molecular weight excluding hydrogens is 280 g/mol. The molecule has 2 aromatic carbocycles. The van der Waals surface area contributed by atoms with Crippen molar-refractivity contribution in [1.29, 1.82) is 0 Å². The van der Waals surface area contributed by atoms with Crippen molar-refractivity contribution in [2.45, 2.75) is 26.4 Å². The second-order valence-corrected chi connectivity index (χ2v) is 5.77. The fourth-order valence-electron chi connectivity index (χ4n) is 1.77. The molecule has 0 heterocycles. The van der Waals surface area contributed by atoms with E-state index in [-0.39, 0.29) is 6.61 Å². The van der Waals surface area contributed by atoms with Crippen LogP contribution in [0.25, 0.3) is 0 Å². The van der Waals surface area contributed by atoms with E-state index in [0.717, 1.165) is 5.75 Å². The summed E-state index contributed by atoms with van der Waals surface area (Å²) in [5.41, 5.74) is -0.515. The number of benzene rings is 2. The van der Waals surface area contributed by atoms with Crippen molar-refractivity contribution in [2.75, 3.05) is 6.61 Å². The van der Waals surface area contributed by atoms with E-state index in [0.29, 0.717) is 11.5 Å². The van der Waals surface area contributed by atoms with Crippen molar-refractivity contribution in [2.24, 2.45) is 0 Å². The van der Waals surface area contributed by atoms with Gasteiger partial charge in [0.25, 0.3) is 0 Å². The topological polar surface area (TPSA) is 44.8 Å². The second-order valence-electron chi connectivity index (χ2n) is 5.77. The molecular formula is C18H20O4. The first-order chi connectivity index (χ1) is 10.4. The van der Waals surface area contributed by atoms with Crippen LogP contribution in [0.3, 0.4) is 0 Å². The molecule has 0 unspecified atom stereocenters. The second kappa shape index (κ2) is 6.98. The SMILES string of the molecule is CC(C)(C)OC(=O)COc1cccc(Oc2ccccc2)c1. The van der Waals surface area contributed by atoms with E-state index < -0.39 is 11.6 Å². The van der Waals surface area contributed by atoms with Gasteiger partial charge in [0.2, 0.25) is 0 Å². The Morgan fingerprint density at radius 2 is 1.55 bits per heavy atom. The molecule has 0 aliphatic heterocycles. The number of hydrogen-bond acceptors (Lipinski definition) is 4. The van der Waals surface area contributed by atoms with Crippen molar-refractivity contribution in [1.82, 2.24) is 0 Å². The van der Waals surface area contributed by atoms with E-state index in [2.05, 4.69) is 0 Å². The maximum absolute atomic E-state index is 11.6. The Morgan fingerprint density at radius 3 is 2.23 bits per heavy atom. The minimum absolute atomic E-state index is 0.133. The number of para-hydroxylation sites is 1. The van der Waals surface area contributed by atoms with E-state index >= 15 is 0 Å². The van der Waals surface area contributed by atoms with Crippen LogP contribution in [0.5, 0.6) is 17.2 Å². The zero-order chi connectivity index (χ0) is 16.0. The van der Waals surface area contributed by atoms with Gasteiger partial charge in [-0.2, -0.15) is 0 Å². The Bertz CT molecular complexity index is 614. The molecule has 4 nitrogen and oxygen atoms in total. The van der Waals surface area contributed by atoms with Gasteiger partial charge in [-0.15, -0.1) is 0 Å². The van der Waals surface area contributed by atoms with Crippen molar-refractivity contribution in [3.05, 3.63) is 54.6 Å². The highest BCUT2D eigenvalue weighted by molar-refractivity contribution is 5.71. The summed E-state index contributed by atoms with van der Waals surface area (Å²) in [5.74, 6) is 1.54. The van der Waals surface area contributed by atoms with E-state index in [9.17, 15) is 4.79 Å². The summed E-state index contributed by atoms with van der Waals surface area (Å²) < 4.78 is 16.3. The van der Waals surface area contributed by atoms with Gasteiger partial charge in [0, 0.05) is 6.07 Å². The fourth-order valence-corrected chi connectivity index (χ4v) is 1.77. The minimum atomic E-state index is -0.515. The molecule has 0 atom stereocenters. The van der Waals surface area contributed by atoms with Crippen molar-refractivity contribution < 1.29 is 19.0 Å². The van der Waals surface area contributed by atoms with Gasteiger partial charge in [0.15, 0.2) is 6.61 Å². The van der Waals surface area contributed by atoms with Gasteiger partial charge in [0.05, 0.1) is 0 Å². The molecule has 0 saturated heterocycles. The summed E-state index contributed by atoms with van der Waals surface area (Å²) >= 11 is 0. The van der Waals surface area contributed by atoms with Gasteiger partial charge in [0.1, 0.15) is 22.8 Å². The standard InChI is InChI=1S/C18H20O4/c1-18(2,3)22-17(19)13-20-15-10-7-11-16(12-15)21-14-8-5-4-6-9-14/h4-12H,13H2,1-3H3. The van der Waals surface area contributed by atoms with Crippen LogP contribution in [0.4, 0.5) is 0 Å². The normalized spacial score (nSPS) is 10.9. The molecule has 0 amide bonds. The average molecular weight is 300 g/mol. The van der Waals surface area contributed by atoms with Crippen molar-refractivity contribution in [3.63, 3.8) is 0 Å². The molecule has 4 heteroatoms. The lowest BCUT2D eigenvalue weighted by Crippen LogP contribution is -2.27. The van der Waals surface area contributed by atoms with E-state index in [1.807, 2.05) is 63.2 Å². The summed E-state index contributed by atoms with van der Waals surface area (Å²) in [7, 11) is 0. The Balaban J connectivity index is 1.93. The lowest BCUT2D eigenvalue weighted by Gasteiger charge is -2.19. The van der Waals surface area contributed by atoms with Gasteiger partial charge < -0.3 is 14.2 Å². The van der Waals surface area contributed by atoms with Crippen LogP contribution in [-0.2, 0) is 9.53 Å². The van der Waals surface area contributed by atoms with Gasteiger partial charge in [-0.3, -0.25) is 0 Å². The first kappa shape index (κ1) is 15.9. The lowest BCUT2D eigenvalue weighted by molar-refractivity contribution is -0.157. The van der Waals surface area contributed by atoms with Crippen LogP contribution in [0.2, 0.25) is 0 Å². The van der Waals surface area contributed by atoms with Crippen LogP contribution in [0, 0.1) is 0 Å². The molecule has 22 heavy (non-hydrogen) atoms. The monoisotopic (exact) mass is 300 g/mol. The average Bonchev–Trinajstić information content (AvgIpc) is 2.45. The molecule has 0 aromatic heterocycles. The molecule has 2 rings (SSSR count). The predicted octanol–water partition coefficient (Wildman–Crippen LogP) is 4.20. The number of hydrogen-bond donors (Lipinski definition) is 0. The Kier molecular flexibility index (Phi) is 5.04. The first-order valence-corrected chi connectivity index (χ1v) is 7.10. The molecule has 2 aromatic rings. The van der Waals surface area contributed by atoms with Crippen molar-refractivity contribution in [3.8, 4) is 17.2 Å². The molecule has 0 spiro atoms. The maximum Gasteiger partial charge on any atom is 0.344 e.